The van der Waals surface area contributed by atoms with Gasteiger partial charge in [-0.25, -0.2) is 0 Å². The van der Waals surface area contributed by atoms with Crippen molar-refractivity contribution in [1.82, 2.24) is 15.1 Å². The van der Waals surface area contributed by atoms with Crippen molar-refractivity contribution in [2.24, 2.45) is 0 Å². The number of hydrogen-bond acceptors (Lipinski definition) is 2. The Hall–Kier alpha value is -3.11. The Morgan fingerprint density at radius 2 is 1.73 bits per heavy atom. The molecule has 1 atom stereocenters. The Bertz CT molecular complexity index is 1160. The van der Waals surface area contributed by atoms with E-state index in [9.17, 15) is 4.79 Å². The number of rotatable bonds is 6. The zero-order valence-electron chi connectivity index (χ0n) is 17.1. The maximum atomic E-state index is 12.9. The highest BCUT2D eigenvalue weighted by atomic mass is 35.5. The molecule has 5 heteroatoms. The van der Waals surface area contributed by atoms with E-state index in [1.54, 1.807) is 0 Å². The second-order valence-corrected chi connectivity index (χ2v) is 7.93. The third-order valence-corrected chi connectivity index (χ3v) is 5.64. The van der Waals surface area contributed by atoms with Gasteiger partial charge in [0.05, 0.1) is 24.3 Å². The average Bonchev–Trinajstić information content (AvgIpc) is 3.17. The molecule has 0 fully saturated rings. The van der Waals surface area contributed by atoms with Gasteiger partial charge in [0.2, 0.25) is 0 Å². The molecule has 1 amide bonds. The highest BCUT2D eigenvalue weighted by molar-refractivity contribution is 6.30. The van der Waals surface area contributed by atoms with E-state index in [2.05, 4.69) is 41.6 Å². The summed E-state index contributed by atoms with van der Waals surface area (Å²) < 4.78 is 1.91. The number of hydrogen-bond donors (Lipinski definition) is 1. The van der Waals surface area contributed by atoms with Crippen molar-refractivity contribution in [2.45, 2.75) is 32.9 Å². The van der Waals surface area contributed by atoms with E-state index in [0.29, 0.717) is 17.1 Å². The van der Waals surface area contributed by atoms with Crippen LogP contribution >= 0.6 is 11.6 Å². The topological polar surface area (TPSA) is 46.9 Å². The van der Waals surface area contributed by atoms with Crippen LogP contribution in [0.2, 0.25) is 5.02 Å². The zero-order valence-corrected chi connectivity index (χ0v) is 17.9. The predicted molar refractivity (Wildman–Crippen MR) is 122 cm³/mol. The van der Waals surface area contributed by atoms with Crippen molar-refractivity contribution < 1.29 is 4.79 Å². The summed E-state index contributed by atoms with van der Waals surface area (Å²) in [7, 11) is 0. The van der Waals surface area contributed by atoms with Crippen molar-refractivity contribution in [3.8, 4) is 0 Å². The molecule has 1 heterocycles. The molecule has 4 nitrogen and oxygen atoms in total. The van der Waals surface area contributed by atoms with Gasteiger partial charge in [-0.15, -0.1) is 0 Å². The van der Waals surface area contributed by atoms with Gasteiger partial charge in [-0.3, -0.25) is 9.48 Å². The first-order valence-electron chi connectivity index (χ1n) is 10.1. The molecule has 30 heavy (non-hydrogen) atoms. The first-order valence-corrected chi connectivity index (χ1v) is 10.5. The molecule has 0 aliphatic carbocycles. The monoisotopic (exact) mass is 417 g/mol. The fourth-order valence-corrected chi connectivity index (χ4v) is 3.63. The third kappa shape index (κ3) is 4.39. The maximum Gasteiger partial charge on any atom is 0.251 e. The van der Waals surface area contributed by atoms with Crippen molar-refractivity contribution in [3.63, 3.8) is 0 Å². The average molecular weight is 418 g/mol. The molecule has 152 valence electrons. The maximum absolute atomic E-state index is 12.9. The highest BCUT2D eigenvalue weighted by Gasteiger charge is 2.13. The quantitative estimate of drug-likeness (QED) is 0.431. The van der Waals surface area contributed by atoms with Crippen LogP contribution in [0.4, 0.5) is 0 Å². The number of amides is 1. The van der Waals surface area contributed by atoms with Gasteiger partial charge >= 0.3 is 0 Å². The largest absolute Gasteiger partial charge is 0.346 e. The van der Waals surface area contributed by atoms with Gasteiger partial charge in [0.15, 0.2) is 0 Å². The summed E-state index contributed by atoms with van der Waals surface area (Å²) >= 11 is 5.98. The summed E-state index contributed by atoms with van der Waals surface area (Å²) in [6, 6.07) is 21.7. The summed E-state index contributed by atoms with van der Waals surface area (Å²) in [5.41, 5.74) is 5.03. The smallest absolute Gasteiger partial charge is 0.251 e. The summed E-state index contributed by atoms with van der Waals surface area (Å²) in [4.78, 5) is 12.9. The molecule has 4 aromatic rings. The van der Waals surface area contributed by atoms with Gasteiger partial charge in [-0.2, -0.15) is 5.10 Å². The lowest BCUT2D eigenvalue weighted by Gasteiger charge is -2.15. The first-order chi connectivity index (χ1) is 14.5. The number of carbonyl (C=O) groups excluding carboxylic acids is 1. The normalized spacial score (nSPS) is 12.1. The van der Waals surface area contributed by atoms with E-state index in [4.69, 9.17) is 11.6 Å². The number of aromatic nitrogens is 2. The molecular weight excluding hydrogens is 394 g/mol. The molecule has 0 radical (unpaired) electrons. The van der Waals surface area contributed by atoms with Crippen molar-refractivity contribution in [3.05, 3.63) is 100 Å². The van der Waals surface area contributed by atoms with Crippen LogP contribution < -0.4 is 5.32 Å². The Balaban J connectivity index is 1.53. The Labute approximate surface area is 181 Å². The van der Waals surface area contributed by atoms with Gasteiger partial charge in [-0.05, 0) is 54.3 Å². The Morgan fingerprint density at radius 1 is 1.03 bits per heavy atom. The third-order valence-electron chi connectivity index (χ3n) is 5.39. The summed E-state index contributed by atoms with van der Waals surface area (Å²) in [5, 5.41) is 9.30. The predicted octanol–water partition coefficient (Wildman–Crippen LogP) is 5.79. The van der Waals surface area contributed by atoms with Gasteiger partial charge in [-0.1, -0.05) is 61.0 Å². The van der Waals surface area contributed by atoms with E-state index in [1.165, 1.54) is 5.56 Å². The number of nitrogens with zero attached hydrogens (tertiary/aromatic N) is 2. The lowest BCUT2D eigenvalue weighted by Crippen LogP contribution is -2.26. The number of carbonyl (C=O) groups is 1. The molecule has 4 rings (SSSR count). The molecule has 0 aliphatic heterocycles. The van der Waals surface area contributed by atoms with Crippen molar-refractivity contribution in [1.29, 1.82) is 0 Å². The molecule has 1 aromatic heterocycles. The van der Waals surface area contributed by atoms with E-state index in [-0.39, 0.29) is 11.9 Å². The van der Waals surface area contributed by atoms with Gasteiger partial charge in [0.25, 0.3) is 5.91 Å². The number of benzene rings is 3. The van der Waals surface area contributed by atoms with E-state index >= 15 is 0 Å². The van der Waals surface area contributed by atoms with Crippen molar-refractivity contribution >= 4 is 28.4 Å². The molecular formula is C25H24ClN3O. The SMILES string of the molecule is CCc1ccc(C(C)NC(=O)c2ccc3cnn(Cc4ccc(Cl)cc4)c3c2)cc1. The van der Waals surface area contributed by atoms with Crippen LogP contribution in [0, 0.1) is 0 Å². The highest BCUT2D eigenvalue weighted by Crippen LogP contribution is 2.20. The second-order valence-electron chi connectivity index (χ2n) is 7.49. The Kier molecular flexibility index (Phi) is 5.86. The van der Waals surface area contributed by atoms with Gasteiger partial charge in [0.1, 0.15) is 0 Å². The van der Waals surface area contributed by atoms with Crippen LogP contribution in [-0.2, 0) is 13.0 Å². The number of fused-ring (bicyclic) bond motifs is 1. The molecule has 3 aromatic carbocycles. The lowest BCUT2D eigenvalue weighted by atomic mass is 10.0. The van der Waals surface area contributed by atoms with E-state index in [1.807, 2.05) is 60.3 Å². The fourth-order valence-electron chi connectivity index (χ4n) is 3.51. The number of nitrogens with one attached hydrogen (secondary N) is 1. The van der Waals surface area contributed by atoms with Crippen LogP contribution in [0.25, 0.3) is 10.9 Å². The number of halogens is 1. The molecule has 0 bridgehead atoms. The zero-order chi connectivity index (χ0) is 21.1. The standard InChI is InChI=1S/C25H24ClN3O/c1-3-18-4-8-20(9-5-18)17(2)28-25(30)21-10-11-22-15-27-29(24(22)14-21)16-19-6-12-23(26)13-7-19/h4-15,17H,3,16H2,1-2H3,(H,28,30). The minimum absolute atomic E-state index is 0.0712. The van der Waals surface area contributed by atoms with Gasteiger partial charge in [0, 0.05) is 16.0 Å². The minimum Gasteiger partial charge on any atom is -0.346 e. The van der Waals surface area contributed by atoms with E-state index in [0.717, 1.165) is 28.5 Å². The summed E-state index contributed by atoms with van der Waals surface area (Å²) in [5.74, 6) is -0.0942. The minimum atomic E-state index is -0.0942. The van der Waals surface area contributed by atoms with Crippen LogP contribution in [0.1, 0.15) is 46.9 Å². The van der Waals surface area contributed by atoms with Crippen LogP contribution in [-0.4, -0.2) is 15.7 Å². The molecule has 0 saturated carbocycles. The van der Waals surface area contributed by atoms with E-state index < -0.39 is 0 Å². The van der Waals surface area contributed by atoms with Crippen LogP contribution in [0.3, 0.4) is 0 Å². The van der Waals surface area contributed by atoms with Crippen LogP contribution in [0.5, 0.6) is 0 Å². The summed E-state index contributed by atoms with van der Waals surface area (Å²) in [6.07, 6.45) is 2.83. The molecule has 1 unspecified atom stereocenters. The van der Waals surface area contributed by atoms with Gasteiger partial charge < -0.3 is 5.32 Å². The first kappa shape index (κ1) is 20.2. The van der Waals surface area contributed by atoms with Crippen molar-refractivity contribution in [2.75, 3.05) is 0 Å². The summed E-state index contributed by atoms with van der Waals surface area (Å²) in [6.45, 7) is 4.75. The molecule has 1 N–H and O–H groups in total. The molecule has 0 saturated heterocycles. The molecule has 0 aliphatic rings. The Morgan fingerprint density at radius 3 is 2.43 bits per heavy atom. The second kappa shape index (κ2) is 8.72. The number of aryl methyl sites for hydroxylation is 1. The molecule has 0 spiro atoms. The van der Waals surface area contributed by atoms with Crippen LogP contribution in [0.15, 0.2) is 72.9 Å². The lowest BCUT2D eigenvalue weighted by molar-refractivity contribution is 0.0940. The fraction of sp³-hybridized carbons (Fsp3) is 0.200.